The van der Waals surface area contributed by atoms with E-state index in [0.29, 0.717) is 31.5 Å². The standard InChI is InChI=1S/C22H31N3O4/c26-20(9-6-12-25-18-7-2-3-8-19(18)29-21(25)27)23-17-22(10-4-1-5-11-22)24-13-15-28-16-14-24/h2-3,7-8H,1,4-6,9-17H2,(H,23,26). The number of para-hydroxylation sites is 2. The monoisotopic (exact) mass is 401 g/mol. The molecule has 1 aliphatic carbocycles. The lowest BCUT2D eigenvalue weighted by atomic mass is 9.79. The largest absolute Gasteiger partial charge is 0.419 e. The van der Waals surface area contributed by atoms with Crippen molar-refractivity contribution < 1.29 is 13.9 Å². The minimum atomic E-state index is -0.361. The van der Waals surface area contributed by atoms with E-state index in [0.717, 1.165) is 44.7 Å². The SMILES string of the molecule is O=C(CCCn1c(=O)oc2ccccc21)NCC1(N2CCOCC2)CCCCC1. The molecule has 1 saturated heterocycles. The first-order chi connectivity index (χ1) is 14.2. The Labute approximate surface area is 171 Å². The van der Waals surface area contributed by atoms with E-state index >= 15 is 0 Å². The van der Waals surface area contributed by atoms with Gasteiger partial charge in [0.1, 0.15) is 0 Å². The van der Waals surface area contributed by atoms with Crippen LogP contribution in [-0.4, -0.2) is 53.8 Å². The molecule has 2 aliphatic rings. The van der Waals surface area contributed by atoms with E-state index in [9.17, 15) is 9.59 Å². The fourth-order valence-corrected chi connectivity index (χ4v) is 4.83. The van der Waals surface area contributed by atoms with Crippen molar-refractivity contribution in [1.29, 1.82) is 0 Å². The number of benzene rings is 1. The van der Waals surface area contributed by atoms with Gasteiger partial charge in [-0.3, -0.25) is 14.3 Å². The summed E-state index contributed by atoms with van der Waals surface area (Å²) in [5.74, 6) is -0.302. The fraction of sp³-hybridized carbons (Fsp3) is 0.636. The average molecular weight is 402 g/mol. The highest BCUT2D eigenvalue weighted by Crippen LogP contribution is 2.33. The van der Waals surface area contributed by atoms with Crippen LogP contribution in [0.3, 0.4) is 0 Å². The first-order valence-corrected chi connectivity index (χ1v) is 10.9. The third-order valence-electron chi connectivity index (χ3n) is 6.44. The Bertz CT molecular complexity index is 876. The van der Waals surface area contributed by atoms with Crippen LogP contribution < -0.4 is 11.1 Å². The number of nitrogens with zero attached hydrogens (tertiary/aromatic N) is 2. The van der Waals surface area contributed by atoms with Crippen LogP contribution >= 0.6 is 0 Å². The molecule has 2 fully saturated rings. The molecule has 4 rings (SSSR count). The molecule has 1 N–H and O–H groups in total. The summed E-state index contributed by atoms with van der Waals surface area (Å²) < 4.78 is 12.4. The molecule has 0 spiro atoms. The highest BCUT2D eigenvalue weighted by molar-refractivity contribution is 5.76. The number of ether oxygens (including phenoxy) is 1. The molecule has 29 heavy (non-hydrogen) atoms. The highest BCUT2D eigenvalue weighted by Gasteiger charge is 2.38. The van der Waals surface area contributed by atoms with Gasteiger partial charge >= 0.3 is 5.76 Å². The third-order valence-corrected chi connectivity index (χ3v) is 6.44. The van der Waals surface area contributed by atoms with Gasteiger partial charge in [-0.25, -0.2) is 4.79 Å². The molecule has 1 aromatic heterocycles. The zero-order chi connectivity index (χ0) is 20.1. The van der Waals surface area contributed by atoms with Crippen LogP contribution in [0.15, 0.2) is 33.5 Å². The molecule has 7 nitrogen and oxygen atoms in total. The molecule has 0 atom stereocenters. The second kappa shape index (κ2) is 9.13. The summed E-state index contributed by atoms with van der Waals surface area (Å²) in [5, 5.41) is 3.19. The summed E-state index contributed by atoms with van der Waals surface area (Å²) in [6, 6.07) is 7.39. The Kier molecular flexibility index (Phi) is 6.35. The van der Waals surface area contributed by atoms with E-state index in [2.05, 4.69) is 10.2 Å². The van der Waals surface area contributed by atoms with Crippen LogP contribution in [0, 0.1) is 0 Å². The molecule has 1 saturated carbocycles. The van der Waals surface area contributed by atoms with Gasteiger partial charge in [-0.1, -0.05) is 31.4 Å². The number of carbonyl (C=O) groups excluding carboxylic acids is 1. The quantitative estimate of drug-likeness (QED) is 0.772. The van der Waals surface area contributed by atoms with Crippen molar-refractivity contribution in [2.75, 3.05) is 32.8 Å². The van der Waals surface area contributed by atoms with E-state index in [1.165, 1.54) is 19.3 Å². The number of nitrogens with one attached hydrogen (secondary N) is 1. The van der Waals surface area contributed by atoms with Crippen molar-refractivity contribution in [3.63, 3.8) is 0 Å². The topological polar surface area (TPSA) is 76.7 Å². The van der Waals surface area contributed by atoms with E-state index in [4.69, 9.17) is 9.15 Å². The van der Waals surface area contributed by atoms with E-state index in [1.807, 2.05) is 18.2 Å². The van der Waals surface area contributed by atoms with Gasteiger partial charge < -0.3 is 14.5 Å². The lowest BCUT2D eigenvalue weighted by Crippen LogP contribution is -2.59. The lowest BCUT2D eigenvalue weighted by molar-refractivity contribution is -0.122. The molecular formula is C22H31N3O4. The van der Waals surface area contributed by atoms with Crippen molar-refractivity contribution in [3.8, 4) is 0 Å². The molecule has 2 heterocycles. The van der Waals surface area contributed by atoms with Crippen LogP contribution in [-0.2, 0) is 16.1 Å². The van der Waals surface area contributed by atoms with Crippen LogP contribution in [0.4, 0.5) is 0 Å². The number of oxazole rings is 1. The average Bonchev–Trinajstić information content (AvgIpc) is 3.09. The Morgan fingerprint density at radius 2 is 1.86 bits per heavy atom. The number of hydrogen-bond donors (Lipinski definition) is 1. The van der Waals surface area contributed by atoms with Gasteiger partial charge in [-0.05, 0) is 31.4 Å². The zero-order valence-corrected chi connectivity index (χ0v) is 17.0. The van der Waals surface area contributed by atoms with Gasteiger partial charge in [0.05, 0.1) is 18.7 Å². The molecule has 1 amide bonds. The van der Waals surface area contributed by atoms with Crippen molar-refractivity contribution in [2.24, 2.45) is 0 Å². The van der Waals surface area contributed by atoms with Crippen LogP contribution in [0.2, 0.25) is 0 Å². The number of fused-ring (bicyclic) bond motifs is 1. The number of morpholine rings is 1. The number of amides is 1. The molecule has 1 aliphatic heterocycles. The Balaban J connectivity index is 1.30. The van der Waals surface area contributed by atoms with Gasteiger partial charge in [-0.15, -0.1) is 0 Å². The highest BCUT2D eigenvalue weighted by atomic mass is 16.5. The van der Waals surface area contributed by atoms with E-state index < -0.39 is 0 Å². The normalized spacial score (nSPS) is 20.0. The van der Waals surface area contributed by atoms with E-state index in [1.54, 1.807) is 10.6 Å². The number of carbonyl (C=O) groups is 1. The number of aryl methyl sites for hydroxylation is 1. The molecule has 2 aromatic rings. The van der Waals surface area contributed by atoms with Crippen molar-refractivity contribution in [3.05, 3.63) is 34.8 Å². The van der Waals surface area contributed by atoms with Gasteiger partial charge in [0.25, 0.3) is 0 Å². The van der Waals surface area contributed by atoms with Gasteiger partial charge in [0.2, 0.25) is 5.91 Å². The third kappa shape index (κ3) is 4.56. The molecule has 7 heteroatoms. The number of aromatic nitrogens is 1. The smallest absolute Gasteiger partial charge is 0.408 e. The summed E-state index contributed by atoms with van der Waals surface area (Å²) >= 11 is 0. The Morgan fingerprint density at radius 3 is 2.66 bits per heavy atom. The maximum absolute atomic E-state index is 12.5. The zero-order valence-electron chi connectivity index (χ0n) is 17.0. The molecular weight excluding hydrogens is 370 g/mol. The van der Waals surface area contributed by atoms with Gasteiger partial charge in [-0.2, -0.15) is 0 Å². The molecule has 0 unspecified atom stereocenters. The first-order valence-electron chi connectivity index (χ1n) is 10.9. The maximum atomic E-state index is 12.5. The second-order valence-corrected chi connectivity index (χ2v) is 8.25. The van der Waals surface area contributed by atoms with Crippen molar-refractivity contribution >= 4 is 17.0 Å². The minimum Gasteiger partial charge on any atom is -0.408 e. The molecule has 158 valence electrons. The second-order valence-electron chi connectivity index (χ2n) is 8.25. The number of rotatable bonds is 7. The van der Waals surface area contributed by atoms with Gasteiger partial charge in [0, 0.05) is 38.1 Å². The summed E-state index contributed by atoms with van der Waals surface area (Å²) in [5.41, 5.74) is 1.45. The fourth-order valence-electron chi connectivity index (χ4n) is 4.83. The van der Waals surface area contributed by atoms with Crippen LogP contribution in [0.5, 0.6) is 0 Å². The Hall–Kier alpha value is -2.12. The first kappa shape index (κ1) is 20.2. The molecule has 0 radical (unpaired) electrons. The van der Waals surface area contributed by atoms with Gasteiger partial charge in [0.15, 0.2) is 5.58 Å². The van der Waals surface area contributed by atoms with Crippen molar-refractivity contribution in [1.82, 2.24) is 14.8 Å². The minimum absolute atomic E-state index is 0.0593. The number of hydrogen-bond acceptors (Lipinski definition) is 5. The van der Waals surface area contributed by atoms with Crippen LogP contribution in [0.1, 0.15) is 44.9 Å². The predicted molar refractivity (Wildman–Crippen MR) is 111 cm³/mol. The summed E-state index contributed by atoms with van der Waals surface area (Å²) in [7, 11) is 0. The van der Waals surface area contributed by atoms with Crippen molar-refractivity contribution in [2.45, 2.75) is 57.0 Å². The predicted octanol–water partition coefficient (Wildman–Crippen LogP) is 2.53. The Morgan fingerprint density at radius 1 is 1.10 bits per heavy atom. The maximum Gasteiger partial charge on any atom is 0.419 e. The van der Waals surface area contributed by atoms with Crippen LogP contribution in [0.25, 0.3) is 11.1 Å². The molecule has 0 bridgehead atoms. The lowest BCUT2D eigenvalue weighted by Gasteiger charge is -2.48. The summed E-state index contributed by atoms with van der Waals surface area (Å²) in [6.45, 7) is 4.66. The molecule has 1 aromatic carbocycles. The van der Waals surface area contributed by atoms with E-state index in [-0.39, 0.29) is 17.2 Å². The summed E-state index contributed by atoms with van der Waals surface area (Å²) in [4.78, 5) is 27.1. The summed E-state index contributed by atoms with van der Waals surface area (Å²) in [6.07, 6.45) is 7.04.